The minimum atomic E-state index is -0.957. The maximum atomic E-state index is 11.6. The van der Waals surface area contributed by atoms with Gasteiger partial charge in [-0.1, -0.05) is 27.4 Å². The first kappa shape index (κ1) is 14.1. The van der Waals surface area contributed by atoms with Gasteiger partial charge < -0.3 is 15.2 Å². The maximum Gasteiger partial charge on any atom is 0.225 e. The molecule has 0 aliphatic heterocycles. The minimum absolute atomic E-state index is 0.00157. The van der Waals surface area contributed by atoms with Gasteiger partial charge in [-0.15, -0.1) is 0 Å². The van der Waals surface area contributed by atoms with Crippen LogP contribution in [0.2, 0.25) is 0 Å². The summed E-state index contributed by atoms with van der Waals surface area (Å²) in [4.78, 5) is 11.6. The van der Waals surface area contributed by atoms with E-state index in [1.165, 1.54) is 6.08 Å². The van der Waals surface area contributed by atoms with Crippen LogP contribution in [0.3, 0.4) is 0 Å². The van der Waals surface area contributed by atoms with Crippen LogP contribution in [-0.2, 0) is 9.53 Å². The molecule has 2 N–H and O–H groups in total. The molecule has 4 nitrogen and oxygen atoms in total. The predicted molar refractivity (Wildman–Crippen MR) is 59.2 cm³/mol. The van der Waals surface area contributed by atoms with E-state index in [1.54, 1.807) is 0 Å². The molecular weight excluding hydrogens is 194 g/mol. The van der Waals surface area contributed by atoms with E-state index < -0.39 is 6.29 Å². The lowest BCUT2D eigenvalue weighted by atomic mass is 9.89. The van der Waals surface area contributed by atoms with E-state index in [1.807, 2.05) is 20.8 Å². The summed E-state index contributed by atoms with van der Waals surface area (Å²) in [5, 5.41) is 11.7. The van der Waals surface area contributed by atoms with Gasteiger partial charge in [0.1, 0.15) is 0 Å². The van der Waals surface area contributed by atoms with Crippen molar-refractivity contribution >= 4 is 5.91 Å². The fourth-order valence-corrected chi connectivity index (χ4v) is 0.812. The van der Waals surface area contributed by atoms with Crippen molar-refractivity contribution in [1.29, 1.82) is 0 Å². The van der Waals surface area contributed by atoms with Crippen molar-refractivity contribution in [3.8, 4) is 0 Å². The van der Waals surface area contributed by atoms with Crippen LogP contribution in [0, 0.1) is 5.41 Å². The van der Waals surface area contributed by atoms with Gasteiger partial charge in [0, 0.05) is 12.0 Å². The zero-order valence-corrected chi connectivity index (χ0v) is 9.75. The molecular formula is C11H21NO3. The van der Waals surface area contributed by atoms with Crippen LogP contribution < -0.4 is 5.32 Å². The van der Waals surface area contributed by atoms with Crippen molar-refractivity contribution < 1.29 is 14.6 Å². The number of ether oxygens (including phenoxy) is 1. The molecule has 0 saturated heterocycles. The molecule has 0 fully saturated rings. The van der Waals surface area contributed by atoms with Gasteiger partial charge in [-0.2, -0.15) is 0 Å². The number of carbonyl (C=O) groups is 1. The third kappa shape index (κ3) is 5.54. The summed E-state index contributed by atoms with van der Waals surface area (Å²) in [6, 6.07) is 0. The van der Waals surface area contributed by atoms with Crippen molar-refractivity contribution in [2.45, 2.75) is 33.5 Å². The van der Waals surface area contributed by atoms with Crippen LogP contribution in [0.15, 0.2) is 12.7 Å². The Kier molecular flexibility index (Phi) is 6.20. The average Bonchev–Trinajstić information content (AvgIpc) is 2.23. The monoisotopic (exact) mass is 215 g/mol. The lowest BCUT2D eigenvalue weighted by molar-refractivity contribution is -0.130. The third-order valence-electron chi connectivity index (χ3n) is 2.38. The van der Waals surface area contributed by atoms with Crippen LogP contribution >= 0.6 is 0 Å². The first-order valence-electron chi connectivity index (χ1n) is 5.14. The molecule has 1 unspecified atom stereocenters. The van der Waals surface area contributed by atoms with Gasteiger partial charge in [0.2, 0.25) is 5.91 Å². The lowest BCUT2D eigenvalue weighted by Crippen LogP contribution is -2.38. The number of aliphatic hydroxyl groups excluding tert-OH is 1. The van der Waals surface area contributed by atoms with Crippen molar-refractivity contribution in [2.24, 2.45) is 5.41 Å². The third-order valence-corrected chi connectivity index (χ3v) is 2.38. The summed E-state index contributed by atoms with van der Waals surface area (Å²) >= 11 is 0. The van der Waals surface area contributed by atoms with Gasteiger partial charge in [-0.3, -0.25) is 4.79 Å². The molecule has 15 heavy (non-hydrogen) atoms. The summed E-state index contributed by atoms with van der Waals surface area (Å²) in [5.41, 5.74) is -0.350. The molecule has 0 aliphatic carbocycles. The van der Waals surface area contributed by atoms with Crippen LogP contribution in [0.5, 0.6) is 0 Å². The topological polar surface area (TPSA) is 58.6 Å². The molecule has 0 radical (unpaired) electrons. The van der Waals surface area contributed by atoms with Gasteiger partial charge in [-0.05, 0) is 12.5 Å². The predicted octanol–water partition coefficient (Wildman–Crippen LogP) is 1.06. The average molecular weight is 215 g/mol. The molecule has 88 valence electrons. The van der Waals surface area contributed by atoms with E-state index in [4.69, 9.17) is 9.84 Å². The Balaban J connectivity index is 3.69. The van der Waals surface area contributed by atoms with Gasteiger partial charge in [-0.25, -0.2) is 0 Å². The van der Waals surface area contributed by atoms with E-state index >= 15 is 0 Å². The molecule has 0 aliphatic rings. The molecule has 0 aromatic rings. The highest BCUT2D eigenvalue weighted by atomic mass is 16.6. The molecule has 1 atom stereocenters. The van der Waals surface area contributed by atoms with E-state index in [9.17, 15) is 4.79 Å². The van der Waals surface area contributed by atoms with Crippen molar-refractivity contribution in [3.05, 3.63) is 12.7 Å². The Morgan fingerprint density at radius 2 is 2.27 bits per heavy atom. The van der Waals surface area contributed by atoms with Crippen LogP contribution in [0.25, 0.3) is 0 Å². The van der Waals surface area contributed by atoms with Crippen LogP contribution in [0.4, 0.5) is 0 Å². The van der Waals surface area contributed by atoms with E-state index in [-0.39, 0.29) is 17.9 Å². The molecule has 0 rings (SSSR count). The standard InChI is InChI=1S/C11H21NO3/c1-5-9(13)15-8-7-12-10(14)11(3,4)6-2/h5,9,13H,1,6-8H2,2-4H3,(H,12,14). The Labute approximate surface area is 91.3 Å². The van der Waals surface area contributed by atoms with Crippen LogP contribution in [0.1, 0.15) is 27.2 Å². The normalized spacial score (nSPS) is 13.3. The number of hydrogen-bond donors (Lipinski definition) is 2. The molecule has 0 spiro atoms. The first-order valence-corrected chi connectivity index (χ1v) is 5.14. The fourth-order valence-electron chi connectivity index (χ4n) is 0.812. The van der Waals surface area contributed by atoms with Crippen molar-refractivity contribution in [1.82, 2.24) is 5.32 Å². The second-order valence-corrected chi connectivity index (χ2v) is 3.99. The van der Waals surface area contributed by atoms with Gasteiger partial charge in [0.25, 0.3) is 0 Å². The summed E-state index contributed by atoms with van der Waals surface area (Å²) in [6.45, 7) is 9.79. The lowest BCUT2D eigenvalue weighted by Gasteiger charge is -2.21. The number of aliphatic hydroxyl groups is 1. The van der Waals surface area contributed by atoms with E-state index in [0.29, 0.717) is 6.54 Å². The number of hydrogen-bond acceptors (Lipinski definition) is 3. The summed E-state index contributed by atoms with van der Waals surface area (Å²) in [7, 11) is 0. The van der Waals surface area contributed by atoms with Gasteiger partial charge in [0.15, 0.2) is 6.29 Å². The number of rotatable bonds is 7. The van der Waals surface area contributed by atoms with Gasteiger partial charge in [0.05, 0.1) is 6.61 Å². The summed E-state index contributed by atoms with van der Waals surface area (Å²) < 4.78 is 4.91. The molecule has 4 heteroatoms. The number of carbonyl (C=O) groups excluding carboxylic acids is 1. The maximum absolute atomic E-state index is 11.6. The number of nitrogens with one attached hydrogen (secondary N) is 1. The SMILES string of the molecule is C=CC(O)OCCNC(=O)C(C)(C)CC. The van der Waals surface area contributed by atoms with Crippen molar-refractivity contribution in [2.75, 3.05) is 13.2 Å². The van der Waals surface area contributed by atoms with E-state index in [0.717, 1.165) is 6.42 Å². The summed E-state index contributed by atoms with van der Waals surface area (Å²) in [6.07, 6.45) is 1.12. The molecule has 0 saturated carbocycles. The largest absolute Gasteiger partial charge is 0.365 e. The van der Waals surface area contributed by atoms with Gasteiger partial charge >= 0.3 is 0 Å². The molecule has 1 amide bonds. The minimum Gasteiger partial charge on any atom is -0.365 e. The zero-order chi connectivity index (χ0) is 11.9. The molecule has 0 aromatic heterocycles. The highest BCUT2D eigenvalue weighted by Gasteiger charge is 2.24. The summed E-state index contributed by atoms with van der Waals surface area (Å²) in [5.74, 6) is 0.00157. The molecule has 0 bridgehead atoms. The Morgan fingerprint density at radius 1 is 1.67 bits per heavy atom. The van der Waals surface area contributed by atoms with Crippen LogP contribution in [-0.4, -0.2) is 30.5 Å². The smallest absolute Gasteiger partial charge is 0.225 e. The Hall–Kier alpha value is -0.870. The second kappa shape index (κ2) is 6.58. The van der Waals surface area contributed by atoms with E-state index in [2.05, 4.69) is 11.9 Å². The number of amides is 1. The quantitative estimate of drug-likeness (QED) is 0.379. The molecule has 0 aromatic carbocycles. The highest BCUT2D eigenvalue weighted by molar-refractivity contribution is 5.81. The Bertz CT molecular complexity index is 214. The Morgan fingerprint density at radius 3 is 2.73 bits per heavy atom. The molecule has 0 heterocycles. The fraction of sp³-hybridized carbons (Fsp3) is 0.727. The van der Waals surface area contributed by atoms with Crippen molar-refractivity contribution in [3.63, 3.8) is 0 Å². The highest BCUT2D eigenvalue weighted by Crippen LogP contribution is 2.18. The zero-order valence-electron chi connectivity index (χ0n) is 9.75. The second-order valence-electron chi connectivity index (χ2n) is 3.99. The first-order chi connectivity index (χ1) is 6.94.